The van der Waals surface area contributed by atoms with Crippen LogP contribution >= 0.6 is 11.6 Å². The molecule has 1 saturated heterocycles. The number of rotatable bonds is 6. The number of ether oxygens (including phenoxy) is 1. The molecule has 0 aromatic rings. The van der Waals surface area contributed by atoms with E-state index in [1.165, 1.54) is 0 Å². The van der Waals surface area contributed by atoms with E-state index in [0.717, 1.165) is 0 Å². The fraction of sp³-hybridized carbons (Fsp3) is 0.818. The van der Waals surface area contributed by atoms with Crippen LogP contribution in [0, 0.1) is 0 Å². The smallest absolute Gasteiger partial charge is 0.364 e. The van der Waals surface area contributed by atoms with Crippen LogP contribution in [-0.4, -0.2) is 91.2 Å². The number of aliphatic carboxylic acids is 1. The van der Waals surface area contributed by atoms with Gasteiger partial charge in [-0.2, -0.15) is 0 Å². The molecule has 0 spiro atoms. The third-order valence-corrected chi connectivity index (χ3v) is 3.53. The van der Waals surface area contributed by atoms with E-state index in [4.69, 9.17) is 26.6 Å². The molecule has 6 atom stereocenters. The molecule has 0 radical (unpaired) electrons. The van der Waals surface area contributed by atoms with Gasteiger partial charge in [-0.25, -0.2) is 4.79 Å². The van der Waals surface area contributed by atoms with Gasteiger partial charge in [-0.15, -0.1) is 11.6 Å². The standard InChI is InChI=1S/C11H18ClNO9/c12-2-6(17)13-7-4(15)1-11(21,10(19)20)22-9(7)8(18)5(16)3-14/h4-5,7-9,14-16,18,21H,1-3H2,(H,13,17)(H,19,20)/t4?,5-,7-,8-,9?,11+/m1/s1. The number of amides is 1. The normalized spacial score (nSPS) is 34.7. The van der Waals surface area contributed by atoms with Gasteiger partial charge in [0.2, 0.25) is 5.91 Å². The number of halogens is 1. The number of carbonyl (C=O) groups is 2. The summed E-state index contributed by atoms with van der Waals surface area (Å²) in [5, 5.41) is 59.1. The molecule has 0 aliphatic carbocycles. The summed E-state index contributed by atoms with van der Waals surface area (Å²) >= 11 is 5.31. The zero-order valence-electron chi connectivity index (χ0n) is 11.3. The molecule has 22 heavy (non-hydrogen) atoms. The Morgan fingerprint density at radius 3 is 2.45 bits per heavy atom. The molecule has 2 unspecified atom stereocenters. The molecule has 10 nitrogen and oxygen atoms in total. The summed E-state index contributed by atoms with van der Waals surface area (Å²) in [6.07, 6.45) is -7.71. The van der Waals surface area contributed by atoms with Crippen molar-refractivity contribution in [2.75, 3.05) is 12.5 Å². The molecule has 1 rings (SSSR count). The lowest BCUT2D eigenvalue weighted by Crippen LogP contribution is -2.67. The van der Waals surface area contributed by atoms with E-state index in [-0.39, 0.29) is 0 Å². The molecule has 7 N–H and O–H groups in total. The molecule has 11 heteroatoms. The highest BCUT2D eigenvalue weighted by atomic mass is 35.5. The van der Waals surface area contributed by atoms with Crippen molar-refractivity contribution in [3.8, 4) is 0 Å². The second kappa shape index (κ2) is 7.51. The van der Waals surface area contributed by atoms with E-state index in [9.17, 15) is 30.0 Å². The Morgan fingerprint density at radius 2 is 2.00 bits per heavy atom. The number of aliphatic hydroxyl groups excluding tert-OH is 4. The van der Waals surface area contributed by atoms with Crippen LogP contribution in [0.1, 0.15) is 6.42 Å². The maximum atomic E-state index is 11.3. The number of carboxylic acids is 1. The van der Waals surface area contributed by atoms with Gasteiger partial charge in [0, 0.05) is 6.42 Å². The number of carboxylic acid groups (broad SMARTS) is 1. The first kappa shape index (κ1) is 19.0. The van der Waals surface area contributed by atoms with Crippen LogP contribution in [-0.2, 0) is 14.3 Å². The largest absolute Gasteiger partial charge is 0.477 e. The number of alkyl halides is 1. The first-order chi connectivity index (χ1) is 10.2. The summed E-state index contributed by atoms with van der Waals surface area (Å²) in [4.78, 5) is 22.4. The van der Waals surface area contributed by atoms with Gasteiger partial charge in [0.05, 0.1) is 18.8 Å². The molecule has 1 aliphatic heterocycles. The second-order valence-electron chi connectivity index (χ2n) is 4.91. The molecule has 0 bridgehead atoms. The molecule has 1 fully saturated rings. The number of nitrogens with one attached hydrogen (secondary N) is 1. The first-order valence-electron chi connectivity index (χ1n) is 6.30. The highest BCUT2D eigenvalue weighted by molar-refractivity contribution is 6.27. The summed E-state index contributed by atoms with van der Waals surface area (Å²) in [6, 6.07) is -1.35. The van der Waals surface area contributed by atoms with E-state index in [2.05, 4.69) is 5.32 Å². The van der Waals surface area contributed by atoms with Crippen LogP contribution in [0.25, 0.3) is 0 Å². The van der Waals surface area contributed by atoms with E-state index < -0.39 is 67.0 Å². The summed E-state index contributed by atoms with van der Waals surface area (Å²) in [5.41, 5.74) is 0. The minimum Gasteiger partial charge on any atom is -0.477 e. The maximum Gasteiger partial charge on any atom is 0.364 e. The minimum atomic E-state index is -2.82. The number of carbonyl (C=O) groups excluding carboxylic acids is 1. The maximum absolute atomic E-state index is 11.3. The summed E-state index contributed by atoms with van der Waals surface area (Å²) in [7, 11) is 0. The van der Waals surface area contributed by atoms with E-state index in [1.54, 1.807) is 0 Å². The Balaban J connectivity index is 3.07. The third-order valence-electron chi connectivity index (χ3n) is 3.29. The van der Waals surface area contributed by atoms with E-state index >= 15 is 0 Å². The van der Waals surface area contributed by atoms with Crippen molar-refractivity contribution in [1.82, 2.24) is 5.32 Å². The molecule has 128 valence electrons. The summed E-state index contributed by atoms with van der Waals surface area (Å²) in [6.45, 7) is -0.890. The van der Waals surface area contributed by atoms with Gasteiger partial charge < -0.3 is 40.7 Å². The van der Waals surface area contributed by atoms with Crippen LogP contribution in [0.2, 0.25) is 0 Å². The van der Waals surface area contributed by atoms with Gasteiger partial charge in [-0.05, 0) is 0 Å². The lowest BCUT2D eigenvalue weighted by molar-refractivity contribution is -0.295. The average molecular weight is 344 g/mol. The fourth-order valence-electron chi connectivity index (χ4n) is 2.13. The van der Waals surface area contributed by atoms with Crippen LogP contribution in [0.5, 0.6) is 0 Å². The molecule has 1 aliphatic rings. The van der Waals surface area contributed by atoms with Crippen LogP contribution < -0.4 is 5.32 Å². The zero-order valence-corrected chi connectivity index (χ0v) is 12.0. The van der Waals surface area contributed by atoms with Gasteiger partial charge in [-0.1, -0.05) is 0 Å². The van der Waals surface area contributed by atoms with Crippen molar-refractivity contribution in [2.24, 2.45) is 0 Å². The van der Waals surface area contributed by atoms with Crippen molar-refractivity contribution in [3.05, 3.63) is 0 Å². The Labute approximate surface area is 129 Å². The Bertz CT molecular complexity index is 422. The molecule has 1 heterocycles. The predicted octanol–water partition coefficient (Wildman–Crippen LogP) is -3.65. The van der Waals surface area contributed by atoms with Crippen LogP contribution in [0.3, 0.4) is 0 Å². The topological polar surface area (TPSA) is 177 Å². The second-order valence-corrected chi connectivity index (χ2v) is 5.18. The Kier molecular flexibility index (Phi) is 6.50. The van der Waals surface area contributed by atoms with Gasteiger partial charge in [-0.3, -0.25) is 4.79 Å². The van der Waals surface area contributed by atoms with Gasteiger partial charge in [0.25, 0.3) is 5.79 Å². The Hall–Kier alpha value is -1.01. The van der Waals surface area contributed by atoms with Crippen molar-refractivity contribution in [1.29, 1.82) is 0 Å². The first-order valence-corrected chi connectivity index (χ1v) is 6.83. The number of hydrogen-bond acceptors (Lipinski definition) is 8. The summed E-state index contributed by atoms with van der Waals surface area (Å²) in [5.74, 6) is -5.85. The minimum absolute atomic E-state index is 0.474. The number of aliphatic hydroxyl groups is 5. The predicted molar refractivity (Wildman–Crippen MR) is 69.8 cm³/mol. The lowest BCUT2D eigenvalue weighted by atomic mass is 9.88. The van der Waals surface area contributed by atoms with Gasteiger partial charge in [0.1, 0.15) is 24.2 Å². The Morgan fingerprint density at radius 1 is 1.41 bits per heavy atom. The van der Waals surface area contributed by atoms with Crippen LogP contribution in [0.15, 0.2) is 0 Å². The van der Waals surface area contributed by atoms with Crippen molar-refractivity contribution >= 4 is 23.5 Å². The monoisotopic (exact) mass is 343 g/mol. The highest BCUT2D eigenvalue weighted by Crippen LogP contribution is 2.30. The van der Waals surface area contributed by atoms with Crippen molar-refractivity contribution in [3.63, 3.8) is 0 Å². The molecule has 0 aromatic heterocycles. The average Bonchev–Trinajstić information content (AvgIpc) is 2.47. The molecule has 1 amide bonds. The summed E-state index contributed by atoms with van der Waals surface area (Å²) < 4.78 is 4.87. The number of hydrogen-bond donors (Lipinski definition) is 7. The molecule has 0 aromatic carbocycles. The van der Waals surface area contributed by atoms with E-state index in [1.807, 2.05) is 0 Å². The molecule has 0 saturated carbocycles. The quantitative estimate of drug-likeness (QED) is 0.239. The fourth-order valence-corrected chi connectivity index (χ4v) is 2.20. The van der Waals surface area contributed by atoms with E-state index in [0.29, 0.717) is 0 Å². The molecular formula is C11H18ClNO9. The van der Waals surface area contributed by atoms with Gasteiger partial charge in [0.15, 0.2) is 0 Å². The van der Waals surface area contributed by atoms with Crippen LogP contribution in [0.4, 0.5) is 0 Å². The lowest BCUT2D eigenvalue weighted by Gasteiger charge is -2.44. The molecular weight excluding hydrogens is 326 g/mol. The highest BCUT2D eigenvalue weighted by Gasteiger charge is 2.53. The SMILES string of the molecule is O=C(CCl)N[C@@H]1C(O)C[C@@](O)(C(=O)O)OC1[C@H](O)[C@H](O)CO. The van der Waals surface area contributed by atoms with Crippen molar-refractivity contribution in [2.45, 2.75) is 42.7 Å². The zero-order chi connectivity index (χ0) is 17.1. The third kappa shape index (κ3) is 4.04. The van der Waals surface area contributed by atoms with Crippen molar-refractivity contribution < 1.29 is 45.0 Å². The van der Waals surface area contributed by atoms with Gasteiger partial charge >= 0.3 is 5.97 Å².